The SMILES string of the molecule is N#Cc1ccc(-n2ncc3c(NC(=O)c4ccc([N+](=O)[O-])s4)nc(-c4ccc(F)c(OCCO)c4)nc32)cc1. The third kappa shape index (κ3) is 5.12. The van der Waals surface area contributed by atoms with Crippen LogP contribution in [0.2, 0.25) is 0 Å². The highest BCUT2D eigenvalue weighted by atomic mass is 32.1. The van der Waals surface area contributed by atoms with Crippen LogP contribution in [-0.2, 0) is 0 Å². The molecule has 0 aliphatic heterocycles. The van der Waals surface area contributed by atoms with Crippen LogP contribution in [0.3, 0.4) is 0 Å². The second-order valence-electron chi connectivity index (χ2n) is 7.91. The van der Waals surface area contributed by atoms with Gasteiger partial charge in [0.1, 0.15) is 12.4 Å². The summed E-state index contributed by atoms with van der Waals surface area (Å²) in [7, 11) is 0. The summed E-state index contributed by atoms with van der Waals surface area (Å²) in [6.07, 6.45) is 1.45. The molecule has 0 unspecified atom stereocenters. The largest absolute Gasteiger partial charge is 0.488 e. The summed E-state index contributed by atoms with van der Waals surface area (Å²) in [5, 5.41) is 36.4. The molecule has 0 fully saturated rings. The van der Waals surface area contributed by atoms with Crippen LogP contribution in [0.4, 0.5) is 15.2 Å². The number of anilines is 1. The van der Waals surface area contributed by atoms with Crippen LogP contribution in [0.1, 0.15) is 15.2 Å². The topological polar surface area (TPSA) is 169 Å². The third-order valence-electron chi connectivity index (χ3n) is 5.44. The monoisotopic (exact) mass is 545 g/mol. The van der Waals surface area contributed by atoms with Gasteiger partial charge in [-0.2, -0.15) is 10.4 Å². The van der Waals surface area contributed by atoms with E-state index in [0.29, 0.717) is 39.2 Å². The molecule has 1 amide bonds. The fourth-order valence-corrected chi connectivity index (χ4v) is 4.34. The minimum absolute atomic E-state index is 0.0677. The number of aliphatic hydroxyl groups is 1. The van der Waals surface area contributed by atoms with Crippen molar-refractivity contribution in [1.29, 1.82) is 5.26 Å². The maximum Gasteiger partial charge on any atom is 0.324 e. The fourth-order valence-electron chi connectivity index (χ4n) is 3.62. The second-order valence-corrected chi connectivity index (χ2v) is 8.98. The molecule has 3 heterocycles. The van der Waals surface area contributed by atoms with E-state index >= 15 is 0 Å². The van der Waals surface area contributed by atoms with E-state index in [9.17, 15) is 19.3 Å². The molecule has 194 valence electrons. The van der Waals surface area contributed by atoms with Gasteiger partial charge < -0.3 is 15.2 Å². The number of nitrogens with zero attached hydrogens (tertiary/aromatic N) is 6. The Balaban J connectivity index is 1.63. The Morgan fingerprint density at radius 3 is 2.69 bits per heavy atom. The number of carbonyl (C=O) groups is 1. The minimum atomic E-state index is -0.649. The van der Waals surface area contributed by atoms with Crippen molar-refractivity contribution < 1.29 is 24.0 Å². The zero-order chi connectivity index (χ0) is 27.5. The first-order valence-corrected chi connectivity index (χ1v) is 12.0. The lowest BCUT2D eigenvalue weighted by Crippen LogP contribution is -2.13. The smallest absolute Gasteiger partial charge is 0.324 e. The molecule has 5 rings (SSSR count). The van der Waals surface area contributed by atoms with E-state index in [0.717, 1.165) is 6.07 Å². The number of nitrogens with one attached hydrogen (secondary N) is 1. The maximum atomic E-state index is 14.3. The van der Waals surface area contributed by atoms with Crippen LogP contribution in [-0.4, -0.2) is 48.9 Å². The Morgan fingerprint density at radius 2 is 2.00 bits per heavy atom. The van der Waals surface area contributed by atoms with Crippen LogP contribution in [0, 0.1) is 27.3 Å². The molecular weight excluding hydrogens is 529 g/mol. The molecular formula is C25H16FN7O5S. The molecule has 39 heavy (non-hydrogen) atoms. The number of rotatable bonds is 8. The number of ether oxygens (including phenoxy) is 1. The Labute approximate surface area is 222 Å². The quantitative estimate of drug-likeness (QED) is 0.215. The van der Waals surface area contributed by atoms with Crippen molar-refractivity contribution in [2.45, 2.75) is 0 Å². The molecule has 14 heteroatoms. The van der Waals surface area contributed by atoms with E-state index in [4.69, 9.17) is 15.1 Å². The van der Waals surface area contributed by atoms with E-state index in [2.05, 4.69) is 20.4 Å². The number of hydrogen-bond donors (Lipinski definition) is 2. The normalized spacial score (nSPS) is 10.8. The zero-order valence-corrected chi connectivity index (χ0v) is 20.6. The second kappa shape index (κ2) is 10.6. The predicted octanol–water partition coefficient (Wildman–Crippen LogP) is 4.09. The van der Waals surface area contributed by atoms with Crippen LogP contribution >= 0.6 is 11.3 Å². The number of thiophene rings is 1. The lowest BCUT2D eigenvalue weighted by molar-refractivity contribution is -0.380. The Kier molecular flexibility index (Phi) is 6.91. The summed E-state index contributed by atoms with van der Waals surface area (Å²) >= 11 is 0.711. The number of fused-ring (bicyclic) bond motifs is 1. The highest BCUT2D eigenvalue weighted by molar-refractivity contribution is 7.17. The number of nitriles is 1. The molecule has 12 nitrogen and oxygen atoms in total. The van der Waals surface area contributed by atoms with Gasteiger partial charge in [0.25, 0.3) is 5.91 Å². The average Bonchev–Trinajstić information content (AvgIpc) is 3.61. The number of aliphatic hydroxyl groups excluding tert-OH is 1. The van der Waals surface area contributed by atoms with Crippen LogP contribution in [0.25, 0.3) is 28.1 Å². The van der Waals surface area contributed by atoms with E-state index in [1.807, 2.05) is 6.07 Å². The molecule has 0 saturated heterocycles. The molecule has 0 aliphatic carbocycles. The van der Waals surface area contributed by atoms with Crippen molar-refractivity contribution >= 4 is 39.1 Å². The number of nitro groups is 1. The molecule has 0 aliphatic rings. The van der Waals surface area contributed by atoms with Gasteiger partial charge in [0.15, 0.2) is 23.0 Å². The van der Waals surface area contributed by atoms with Gasteiger partial charge >= 0.3 is 5.00 Å². The van der Waals surface area contributed by atoms with Gasteiger partial charge in [0, 0.05) is 11.6 Å². The van der Waals surface area contributed by atoms with Gasteiger partial charge in [-0.1, -0.05) is 11.3 Å². The number of carbonyl (C=O) groups excluding carboxylic acids is 1. The van der Waals surface area contributed by atoms with E-state index in [-0.39, 0.29) is 40.5 Å². The Bertz CT molecular complexity index is 1760. The predicted molar refractivity (Wildman–Crippen MR) is 138 cm³/mol. The summed E-state index contributed by atoms with van der Waals surface area (Å²) in [6, 6.07) is 15.1. The fraction of sp³-hybridized carbons (Fsp3) is 0.0800. The molecule has 0 spiro atoms. The van der Waals surface area contributed by atoms with Gasteiger partial charge in [0.05, 0.1) is 45.3 Å². The van der Waals surface area contributed by atoms with E-state index in [1.165, 1.54) is 35.1 Å². The number of halogens is 1. The van der Waals surface area contributed by atoms with Crippen LogP contribution < -0.4 is 10.1 Å². The molecule has 0 saturated carbocycles. The Morgan fingerprint density at radius 1 is 1.21 bits per heavy atom. The van der Waals surface area contributed by atoms with Gasteiger partial charge in [-0.15, -0.1) is 0 Å². The third-order valence-corrected chi connectivity index (χ3v) is 6.47. The minimum Gasteiger partial charge on any atom is -0.488 e. The Hall–Kier alpha value is -5.26. The van der Waals surface area contributed by atoms with Crippen LogP contribution in [0.15, 0.2) is 60.8 Å². The highest BCUT2D eigenvalue weighted by Crippen LogP contribution is 2.31. The number of hydrogen-bond acceptors (Lipinski definition) is 10. The van der Waals surface area contributed by atoms with Crippen molar-refractivity contribution in [2.24, 2.45) is 0 Å². The summed E-state index contributed by atoms with van der Waals surface area (Å²) in [4.78, 5) is 32.6. The molecule has 0 radical (unpaired) electrons. The molecule has 2 aromatic carbocycles. The van der Waals surface area contributed by atoms with Crippen molar-refractivity contribution in [3.63, 3.8) is 0 Å². The van der Waals surface area contributed by atoms with Gasteiger partial charge in [-0.3, -0.25) is 14.9 Å². The molecule has 0 atom stereocenters. The summed E-state index contributed by atoms with van der Waals surface area (Å²) in [5.74, 6) is -1.24. The maximum absolute atomic E-state index is 14.3. The first-order chi connectivity index (χ1) is 18.9. The highest BCUT2D eigenvalue weighted by Gasteiger charge is 2.21. The van der Waals surface area contributed by atoms with E-state index in [1.54, 1.807) is 24.3 Å². The first kappa shape index (κ1) is 25.4. The van der Waals surface area contributed by atoms with Crippen molar-refractivity contribution in [3.05, 3.63) is 87.2 Å². The standard InChI is InChI=1S/C25H16FN7O5S/c26-18-6-3-15(11-19(18)38-10-9-34)22-29-23(31-25(35)20-7-8-21(39-20)33(36)37)17-13-28-32(24(17)30-22)16-4-1-14(12-27)2-5-16/h1-8,11,13,34H,9-10H2,(H,29,30,31,35). The molecule has 5 aromatic rings. The van der Waals surface area contributed by atoms with Crippen molar-refractivity contribution in [3.8, 4) is 28.9 Å². The van der Waals surface area contributed by atoms with Gasteiger partial charge in [0.2, 0.25) is 0 Å². The lowest BCUT2D eigenvalue weighted by Gasteiger charge is -2.11. The average molecular weight is 546 g/mol. The van der Waals surface area contributed by atoms with Crippen molar-refractivity contribution in [2.75, 3.05) is 18.5 Å². The first-order valence-electron chi connectivity index (χ1n) is 11.2. The van der Waals surface area contributed by atoms with Crippen molar-refractivity contribution in [1.82, 2.24) is 19.7 Å². The van der Waals surface area contributed by atoms with Crippen LogP contribution in [0.5, 0.6) is 5.75 Å². The van der Waals surface area contributed by atoms with Gasteiger partial charge in [-0.05, 0) is 48.5 Å². The lowest BCUT2D eigenvalue weighted by atomic mass is 10.2. The summed E-state index contributed by atoms with van der Waals surface area (Å²) in [5.41, 5.74) is 1.66. The number of amides is 1. The summed E-state index contributed by atoms with van der Waals surface area (Å²) < 4.78 is 21.0. The molecule has 2 N–H and O–H groups in total. The molecule has 0 bridgehead atoms. The number of benzene rings is 2. The summed E-state index contributed by atoms with van der Waals surface area (Å²) in [6.45, 7) is -0.438. The van der Waals surface area contributed by atoms with Gasteiger partial charge in [-0.25, -0.2) is 19.0 Å². The molecule has 3 aromatic heterocycles. The number of aromatic nitrogens is 4. The van der Waals surface area contributed by atoms with E-state index < -0.39 is 16.6 Å². The zero-order valence-electron chi connectivity index (χ0n) is 19.7.